The molecule has 2 aromatic rings. The largest absolute Gasteiger partial charge is 0.378 e. The fourth-order valence-electron chi connectivity index (χ4n) is 2.61. The van der Waals surface area contributed by atoms with Crippen LogP contribution in [0.5, 0.6) is 0 Å². The number of ether oxygens (including phenoxy) is 1. The molecular weight excluding hydrogens is 242 g/mol. The summed E-state index contributed by atoms with van der Waals surface area (Å²) in [5.41, 5.74) is 1.42. The van der Waals surface area contributed by atoms with Crippen molar-refractivity contribution in [3.8, 4) is 0 Å². The zero-order valence-electron chi connectivity index (χ0n) is 10.7. The van der Waals surface area contributed by atoms with Gasteiger partial charge in [0.2, 0.25) is 0 Å². The summed E-state index contributed by atoms with van der Waals surface area (Å²) in [7, 11) is 0. The molecule has 3 heteroatoms. The van der Waals surface area contributed by atoms with Gasteiger partial charge in [0.15, 0.2) is 0 Å². The van der Waals surface area contributed by atoms with Crippen molar-refractivity contribution in [1.82, 2.24) is 5.32 Å². The van der Waals surface area contributed by atoms with Crippen molar-refractivity contribution in [3.05, 3.63) is 35.2 Å². The van der Waals surface area contributed by atoms with E-state index in [1.54, 1.807) is 0 Å². The molecule has 96 valence electrons. The van der Waals surface area contributed by atoms with Crippen LogP contribution in [0, 0.1) is 5.92 Å². The number of hydrogen-bond donors (Lipinski definition) is 1. The molecule has 0 bridgehead atoms. The molecule has 0 aliphatic carbocycles. The Bertz CT molecular complexity index is 522. The van der Waals surface area contributed by atoms with Crippen LogP contribution < -0.4 is 5.32 Å². The van der Waals surface area contributed by atoms with Crippen LogP contribution in [0.2, 0.25) is 0 Å². The molecule has 0 saturated carbocycles. The summed E-state index contributed by atoms with van der Waals surface area (Å²) in [6, 6.07) is 8.62. The van der Waals surface area contributed by atoms with E-state index in [9.17, 15) is 0 Å². The third kappa shape index (κ3) is 2.44. The van der Waals surface area contributed by atoms with Crippen molar-refractivity contribution in [3.63, 3.8) is 0 Å². The zero-order chi connectivity index (χ0) is 12.4. The first-order valence-corrected chi connectivity index (χ1v) is 7.50. The molecule has 0 amide bonds. The fraction of sp³-hybridized carbons (Fsp3) is 0.467. The molecule has 1 aromatic carbocycles. The normalized spacial score (nSPS) is 23.8. The Hall–Kier alpha value is -0.900. The van der Waals surface area contributed by atoms with E-state index in [4.69, 9.17) is 4.74 Å². The number of fused-ring (bicyclic) bond motifs is 1. The van der Waals surface area contributed by atoms with Crippen LogP contribution in [-0.4, -0.2) is 19.3 Å². The van der Waals surface area contributed by atoms with Gasteiger partial charge in [-0.25, -0.2) is 0 Å². The molecule has 1 N–H and O–H groups in total. The SMILES string of the molecule is CC1OCCC1CNCc1csc2ccccc12. The first-order valence-electron chi connectivity index (χ1n) is 6.62. The first kappa shape index (κ1) is 12.2. The number of nitrogens with one attached hydrogen (secondary N) is 1. The van der Waals surface area contributed by atoms with Crippen molar-refractivity contribution >= 4 is 21.4 Å². The molecule has 1 fully saturated rings. The molecule has 1 aromatic heterocycles. The first-order chi connectivity index (χ1) is 8.84. The van der Waals surface area contributed by atoms with Gasteiger partial charge in [0.05, 0.1) is 6.10 Å². The Morgan fingerprint density at radius 1 is 1.39 bits per heavy atom. The van der Waals surface area contributed by atoms with E-state index in [2.05, 4.69) is 41.9 Å². The summed E-state index contributed by atoms with van der Waals surface area (Å²) in [5, 5.41) is 7.24. The maximum absolute atomic E-state index is 5.59. The Morgan fingerprint density at radius 3 is 3.11 bits per heavy atom. The highest BCUT2D eigenvalue weighted by molar-refractivity contribution is 7.17. The van der Waals surface area contributed by atoms with Crippen molar-refractivity contribution in [1.29, 1.82) is 0 Å². The molecule has 0 spiro atoms. The molecule has 2 heterocycles. The van der Waals surface area contributed by atoms with Crippen LogP contribution in [0.15, 0.2) is 29.6 Å². The van der Waals surface area contributed by atoms with Gasteiger partial charge in [-0.05, 0) is 41.7 Å². The third-order valence-electron chi connectivity index (χ3n) is 3.82. The molecule has 2 atom stereocenters. The highest BCUT2D eigenvalue weighted by atomic mass is 32.1. The van der Waals surface area contributed by atoms with E-state index in [1.165, 1.54) is 22.1 Å². The van der Waals surface area contributed by atoms with Gasteiger partial charge in [0.1, 0.15) is 0 Å². The number of thiophene rings is 1. The van der Waals surface area contributed by atoms with Gasteiger partial charge >= 0.3 is 0 Å². The van der Waals surface area contributed by atoms with Gasteiger partial charge < -0.3 is 10.1 Å². The molecule has 3 rings (SSSR count). The number of benzene rings is 1. The minimum absolute atomic E-state index is 0.414. The van der Waals surface area contributed by atoms with E-state index in [-0.39, 0.29) is 0 Å². The highest BCUT2D eigenvalue weighted by Crippen LogP contribution is 2.25. The van der Waals surface area contributed by atoms with Crippen LogP contribution in [0.25, 0.3) is 10.1 Å². The lowest BCUT2D eigenvalue weighted by atomic mass is 10.0. The van der Waals surface area contributed by atoms with E-state index in [0.29, 0.717) is 12.0 Å². The quantitative estimate of drug-likeness (QED) is 0.910. The molecule has 1 aliphatic heterocycles. The van der Waals surface area contributed by atoms with Gasteiger partial charge in [-0.15, -0.1) is 11.3 Å². The minimum atomic E-state index is 0.414. The maximum Gasteiger partial charge on any atom is 0.0588 e. The second kappa shape index (κ2) is 5.39. The third-order valence-corrected chi connectivity index (χ3v) is 4.83. The Kier molecular flexibility index (Phi) is 3.64. The second-order valence-corrected chi connectivity index (χ2v) is 5.92. The predicted molar refractivity (Wildman–Crippen MR) is 77.1 cm³/mol. The summed E-state index contributed by atoms with van der Waals surface area (Å²) in [4.78, 5) is 0. The highest BCUT2D eigenvalue weighted by Gasteiger charge is 2.23. The predicted octanol–water partition coefficient (Wildman–Crippen LogP) is 3.42. The van der Waals surface area contributed by atoms with E-state index in [0.717, 1.165) is 19.7 Å². The van der Waals surface area contributed by atoms with Gasteiger partial charge in [-0.1, -0.05) is 18.2 Å². The smallest absolute Gasteiger partial charge is 0.0588 e. The monoisotopic (exact) mass is 261 g/mol. The van der Waals surface area contributed by atoms with Crippen molar-refractivity contribution < 1.29 is 4.74 Å². The average molecular weight is 261 g/mol. The Morgan fingerprint density at radius 2 is 2.28 bits per heavy atom. The van der Waals surface area contributed by atoms with Crippen LogP contribution in [0.1, 0.15) is 18.9 Å². The second-order valence-electron chi connectivity index (χ2n) is 5.01. The molecule has 2 unspecified atom stereocenters. The Labute approximate surface area is 112 Å². The van der Waals surface area contributed by atoms with E-state index in [1.807, 2.05) is 11.3 Å². The fourth-order valence-corrected chi connectivity index (χ4v) is 3.57. The van der Waals surface area contributed by atoms with Crippen molar-refractivity contribution in [2.45, 2.75) is 26.0 Å². The summed E-state index contributed by atoms with van der Waals surface area (Å²) in [6.07, 6.45) is 1.61. The standard InChI is InChI=1S/C15H19NOS/c1-11-12(6-7-17-11)8-16-9-13-10-18-15-5-3-2-4-14(13)15/h2-5,10-12,16H,6-9H2,1H3. The summed E-state index contributed by atoms with van der Waals surface area (Å²) in [5.74, 6) is 0.676. The maximum atomic E-state index is 5.59. The van der Waals surface area contributed by atoms with Crippen LogP contribution in [-0.2, 0) is 11.3 Å². The van der Waals surface area contributed by atoms with E-state index >= 15 is 0 Å². The lowest BCUT2D eigenvalue weighted by Crippen LogP contribution is -2.26. The Balaban J connectivity index is 1.60. The molecule has 1 aliphatic rings. The van der Waals surface area contributed by atoms with Gasteiger partial charge in [-0.3, -0.25) is 0 Å². The van der Waals surface area contributed by atoms with Gasteiger partial charge in [0.25, 0.3) is 0 Å². The lowest BCUT2D eigenvalue weighted by Gasteiger charge is -2.14. The van der Waals surface area contributed by atoms with Crippen LogP contribution in [0.3, 0.4) is 0 Å². The van der Waals surface area contributed by atoms with Crippen LogP contribution in [0.4, 0.5) is 0 Å². The summed E-state index contributed by atoms with van der Waals surface area (Å²) >= 11 is 1.83. The van der Waals surface area contributed by atoms with Crippen molar-refractivity contribution in [2.24, 2.45) is 5.92 Å². The van der Waals surface area contributed by atoms with Gasteiger partial charge in [-0.2, -0.15) is 0 Å². The minimum Gasteiger partial charge on any atom is -0.378 e. The topological polar surface area (TPSA) is 21.3 Å². The molecular formula is C15H19NOS. The lowest BCUT2D eigenvalue weighted by molar-refractivity contribution is 0.105. The molecule has 0 radical (unpaired) electrons. The van der Waals surface area contributed by atoms with Crippen LogP contribution >= 0.6 is 11.3 Å². The van der Waals surface area contributed by atoms with Crippen molar-refractivity contribution in [2.75, 3.05) is 13.2 Å². The number of hydrogen-bond acceptors (Lipinski definition) is 3. The van der Waals surface area contributed by atoms with E-state index < -0.39 is 0 Å². The molecule has 1 saturated heterocycles. The molecule has 18 heavy (non-hydrogen) atoms. The number of rotatable bonds is 4. The van der Waals surface area contributed by atoms with Gasteiger partial charge in [0, 0.05) is 24.4 Å². The summed E-state index contributed by atoms with van der Waals surface area (Å²) in [6.45, 7) is 5.13. The zero-order valence-corrected chi connectivity index (χ0v) is 11.5. The summed E-state index contributed by atoms with van der Waals surface area (Å²) < 4.78 is 6.97. The molecule has 2 nitrogen and oxygen atoms in total. The average Bonchev–Trinajstić information content (AvgIpc) is 2.97.